The van der Waals surface area contributed by atoms with Crippen molar-refractivity contribution in [2.24, 2.45) is 0 Å². The van der Waals surface area contributed by atoms with E-state index in [1.165, 1.54) is 33.9 Å². The molecular formula is C19H19BrN2O5S2. The average molecular weight is 499 g/mol. The molecule has 10 heteroatoms. The molecule has 0 unspecified atom stereocenters. The van der Waals surface area contributed by atoms with Crippen molar-refractivity contribution in [2.75, 3.05) is 39.4 Å². The van der Waals surface area contributed by atoms with E-state index in [2.05, 4.69) is 15.9 Å². The molecule has 7 nitrogen and oxygen atoms in total. The zero-order valence-electron chi connectivity index (χ0n) is 15.4. The minimum absolute atomic E-state index is 0.120. The number of ether oxygens (including phenoxy) is 2. The lowest BCUT2D eigenvalue weighted by molar-refractivity contribution is -0.127. The Morgan fingerprint density at radius 1 is 1.03 bits per heavy atom. The Balaban J connectivity index is 1.39. The molecule has 0 atom stereocenters. The van der Waals surface area contributed by atoms with Gasteiger partial charge in [0.15, 0.2) is 11.5 Å². The first-order valence-corrected chi connectivity index (χ1v) is 12.1. The highest BCUT2D eigenvalue weighted by molar-refractivity contribution is 9.11. The van der Waals surface area contributed by atoms with E-state index < -0.39 is 10.0 Å². The number of fused-ring (bicyclic) bond motifs is 1. The number of hydrogen-bond donors (Lipinski definition) is 0. The second-order valence-corrected chi connectivity index (χ2v) is 10.9. The summed E-state index contributed by atoms with van der Waals surface area (Å²) in [7, 11) is -3.66. The number of rotatable bonds is 4. The molecule has 2 aliphatic heterocycles. The molecule has 4 rings (SSSR count). The molecule has 2 aromatic rings. The Hall–Kier alpha value is -1.88. The number of piperazine rings is 1. The first kappa shape index (κ1) is 20.4. The topological polar surface area (TPSA) is 76.2 Å². The molecule has 29 heavy (non-hydrogen) atoms. The maximum atomic E-state index is 13.0. The van der Waals surface area contributed by atoms with Crippen molar-refractivity contribution >= 4 is 49.3 Å². The van der Waals surface area contributed by atoms with Crippen molar-refractivity contribution in [1.29, 1.82) is 0 Å². The first-order chi connectivity index (χ1) is 13.9. The van der Waals surface area contributed by atoms with Crippen LogP contribution in [0.25, 0.3) is 6.08 Å². The van der Waals surface area contributed by atoms with Crippen molar-refractivity contribution in [3.63, 3.8) is 0 Å². The third-order valence-corrected chi connectivity index (χ3v) is 8.17. The lowest BCUT2D eigenvalue weighted by Gasteiger charge is -2.33. The van der Waals surface area contributed by atoms with Gasteiger partial charge in [0.25, 0.3) is 0 Å². The third-order valence-electron chi connectivity index (χ3n) is 4.69. The lowest BCUT2D eigenvalue weighted by Crippen LogP contribution is -2.50. The Morgan fingerprint density at radius 3 is 2.45 bits per heavy atom. The maximum absolute atomic E-state index is 13.0. The van der Waals surface area contributed by atoms with Crippen LogP contribution in [-0.4, -0.2) is 62.9 Å². The number of halogens is 1. The Morgan fingerprint density at radius 2 is 1.76 bits per heavy atom. The van der Waals surface area contributed by atoms with E-state index in [0.29, 0.717) is 37.8 Å². The largest absolute Gasteiger partial charge is 0.486 e. The highest BCUT2D eigenvalue weighted by atomic mass is 79.9. The second kappa shape index (κ2) is 8.47. The van der Waals surface area contributed by atoms with Crippen molar-refractivity contribution in [3.8, 4) is 11.5 Å². The van der Waals surface area contributed by atoms with Gasteiger partial charge in [-0.25, -0.2) is 8.42 Å². The smallest absolute Gasteiger partial charge is 0.246 e. The van der Waals surface area contributed by atoms with Gasteiger partial charge >= 0.3 is 0 Å². The number of thiophene rings is 1. The van der Waals surface area contributed by atoms with Gasteiger partial charge in [-0.3, -0.25) is 4.79 Å². The van der Waals surface area contributed by atoms with Crippen LogP contribution in [0, 0.1) is 0 Å². The molecule has 1 fully saturated rings. The van der Waals surface area contributed by atoms with Gasteiger partial charge in [-0.2, -0.15) is 4.31 Å². The molecule has 1 aromatic heterocycles. The Kier molecular flexibility index (Phi) is 5.95. The van der Waals surface area contributed by atoms with Gasteiger partial charge in [0.2, 0.25) is 15.9 Å². The van der Waals surface area contributed by atoms with Gasteiger partial charge in [-0.05, 0) is 46.3 Å². The molecule has 0 aliphatic carbocycles. The molecule has 3 heterocycles. The fourth-order valence-electron chi connectivity index (χ4n) is 3.16. The predicted molar refractivity (Wildman–Crippen MR) is 114 cm³/mol. The van der Waals surface area contributed by atoms with E-state index in [4.69, 9.17) is 9.47 Å². The van der Waals surface area contributed by atoms with Crippen LogP contribution in [0.4, 0.5) is 0 Å². The molecule has 0 saturated carbocycles. The summed E-state index contributed by atoms with van der Waals surface area (Å²) in [4.78, 5) is 15.2. The Labute approximate surface area is 181 Å². The zero-order valence-corrected chi connectivity index (χ0v) is 18.6. The number of sulfonamides is 1. The summed E-state index contributed by atoms with van der Waals surface area (Å²) < 4.78 is 39.3. The normalized spacial score (nSPS) is 17.6. The summed E-state index contributed by atoms with van der Waals surface area (Å²) >= 11 is 4.93. The summed E-state index contributed by atoms with van der Waals surface area (Å²) in [5, 5.41) is 0. The zero-order chi connectivity index (χ0) is 20.4. The van der Waals surface area contributed by atoms with Gasteiger partial charge in [-0.1, -0.05) is 0 Å². The van der Waals surface area contributed by atoms with E-state index >= 15 is 0 Å². The molecule has 1 aromatic carbocycles. The van der Waals surface area contributed by atoms with Gasteiger partial charge in [-0.15, -0.1) is 11.3 Å². The van der Waals surface area contributed by atoms with E-state index in [1.807, 2.05) is 12.1 Å². The number of carbonyl (C=O) groups is 1. The fraction of sp³-hybridized carbons (Fsp3) is 0.316. The molecule has 0 radical (unpaired) electrons. The lowest BCUT2D eigenvalue weighted by atomic mass is 10.3. The quantitative estimate of drug-likeness (QED) is 0.605. The summed E-state index contributed by atoms with van der Waals surface area (Å²) in [6.45, 7) is 2.05. The average Bonchev–Trinajstić information content (AvgIpc) is 3.17. The first-order valence-electron chi connectivity index (χ1n) is 9.05. The minimum atomic E-state index is -3.66. The number of nitrogens with zero attached hydrogens (tertiary/aromatic N) is 2. The van der Waals surface area contributed by atoms with E-state index in [-0.39, 0.29) is 23.9 Å². The van der Waals surface area contributed by atoms with Crippen molar-refractivity contribution in [3.05, 3.63) is 45.1 Å². The number of benzene rings is 1. The monoisotopic (exact) mass is 498 g/mol. The van der Waals surface area contributed by atoms with E-state index in [0.717, 1.165) is 8.66 Å². The summed E-state index contributed by atoms with van der Waals surface area (Å²) in [6, 6.07) is 8.51. The molecule has 0 N–H and O–H groups in total. The van der Waals surface area contributed by atoms with E-state index in [9.17, 15) is 13.2 Å². The van der Waals surface area contributed by atoms with Gasteiger partial charge in [0.1, 0.15) is 13.2 Å². The molecule has 154 valence electrons. The van der Waals surface area contributed by atoms with E-state index in [1.54, 1.807) is 17.0 Å². The number of hydrogen-bond acceptors (Lipinski definition) is 6. The number of carbonyl (C=O) groups excluding carboxylic acids is 1. The molecule has 1 saturated heterocycles. The van der Waals surface area contributed by atoms with Crippen LogP contribution in [0.15, 0.2) is 45.1 Å². The fourth-order valence-corrected chi connectivity index (χ4v) is 5.92. The van der Waals surface area contributed by atoms with Crippen LogP contribution < -0.4 is 9.47 Å². The highest BCUT2D eigenvalue weighted by Gasteiger charge is 2.30. The Bertz CT molecular complexity index is 1040. The predicted octanol–water partition coefficient (Wildman–Crippen LogP) is 2.83. The number of amides is 1. The van der Waals surface area contributed by atoms with Crippen LogP contribution in [0.3, 0.4) is 0 Å². The summed E-state index contributed by atoms with van der Waals surface area (Å²) in [5.74, 6) is 0.873. The molecule has 0 spiro atoms. The molecular weight excluding hydrogens is 480 g/mol. The molecule has 0 bridgehead atoms. The summed E-state index contributed by atoms with van der Waals surface area (Å²) in [6.07, 6.45) is 3.30. The van der Waals surface area contributed by atoms with Gasteiger partial charge < -0.3 is 14.4 Å². The van der Waals surface area contributed by atoms with Gasteiger partial charge in [0, 0.05) is 43.2 Å². The summed E-state index contributed by atoms with van der Waals surface area (Å²) in [5.41, 5.74) is 0. The standard InChI is InChI=1S/C19H19BrN2O5S2/c20-18-5-1-14(28-18)2-6-19(23)21-7-9-22(10-8-21)29(24,25)15-3-4-16-17(13-15)27-12-11-26-16/h1-6,13H,7-12H2/b6-2+. The van der Waals surface area contributed by atoms with Crippen LogP contribution in [0.5, 0.6) is 11.5 Å². The second-order valence-electron chi connectivity index (χ2n) is 6.51. The van der Waals surface area contributed by atoms with Crippen LogP contribution >= 0.6 is 27.3 Å². The van der Waals surface area contributed by atoms with Crippen molar-refractivity contribution in [1.82, 2.24) is 9.21 Å². The minimum Gasteiger partial charge on any atom is -0.486 e. The highest BCUT2D eigenvalue weighted by Crippen LogP contribution is 2.33. The SMILES string of the molecule is O=C(/C=C/c1ccc(Br)s1)N1CCN(S(=O)(=O)c2ccc3c(c2)OCCO3)CC1. The van der Waals surface area contributed by atoms with Crippen LogP contribution in [-0.2, 0) is 14.8 Å². The van der Waals surface area contributed by atoms with Crippen LogP contribution in [0.2, 0.25) is 0 Å². The molecule has 2 aliphatic rings. The molecule has 1 amide bonds. The van der Waals surface area contributed by atoms with Crippen LogP contribution in [0.1, 0.15) is 4.88 Å². The van der Waals surface area contributed by atoms with Gasteiger partial charge in [0.05, 0.1) is 8.68 Å². The third kappa shape index (κ3) is 4.50. The van der Waals surface area contributed by atoms with Crippen molar-refractivity contribution in [2.45, 2.75) is 4.90 Å². The van der Waals surface area contributed by atoms with Crippen molar-refractivity contribution < 1.29 is 22.7 Å². The maximum Gasteiger partial charge on any atom is 0.246 e.